The number of aromatic nitrogens is 2. The second-order valence-corrected chi connectivity index (χ2v) is 5.85. The quantitative estimate of drug-likeness (QED) is 0.738. The Hall–Kier alpha value is -2.95. The van der Waals surface area contributed by atoms with E-state index in [-0.39, 0.29) is 11.9 Å². The highest BCUT2D eigenvalue weighted by Gasteiger charge is 2.31. The molecule has 1 atom stereocenters. The molecule has 3 aromatic rings. The van der Waals surface area contributed by atoms with Crippen LogP contribution in [0.25, 0.3) is 11.3 Å². The molecule has 2 aromatic heterocycles. The maximum atomic E-state index is 12.9. The van der Waals surface area contributed by atoms with Crippen molar-refractivity contribution in [3.8, 4) is 11.3 Å². The van der Waals surface area contributed by atoms with Gasteiger partial charge in [-0.15, -0.1) is 0 Å². The fourth-order valence-electron chi connectivity index (χ4n) is 3.19. The molecule has 0 N–H and O–H groups in total. The maximum absolute atomic E-state index is 12.9. The van der Waals surface area contributed by atoms with E-state index in [1.54, 1.807) is 12.4 Å². The molecule has 4 rings (SSSR count). The molecule has 120 valence electrons. The first-order chi connectivity index (χ1) is 11.8. The first kappa shape index (κ1) is 14.6. The number of nitrogens with zero attached hydrogens (tertiary/aromatic N) is 3. The summed E-state index contributed by atoms with van der Waals surface area (Å²) in [6.45, 7) is 0.768. The topological polar surface area (TPSA) is 59.2 Å². The van der Waals surface area contributed by atoms with Crippen molar-refractivity contribution in [2.45, 2.75) is 18.9 Å². The smallest absolute Gasteiger partial charge is 0.254 e. The summed E-state index contributed by atoms with van der Waals surface area (Å²) in [6, 6.07) is 13.4. The lowest BCUT2D eigenvalue weighted by Gasteiger charge is -2.24. The van der Waals surface area contributed by atoms with Gasteiger partial charge in [0.2, 0.25) is 0 Å². The van der Waals surface area contributed by atoms with Crippen molar-refractivity contribution >= 4 is 5.91 Å². The predicted octanol–water partition coefficient (Wildman–Crippen LogP) is 3.71. The lowest BCUT2D eigenvalue weighted by molar-refractivity contribution is 0.0733. The van der Waals surface area contributed by atoms with Gasteiger partial charge in [-0.25, -0.2) is 4.98 Å². The molecule has 1 aromatic carbocycles. The van der Waals surface area contributed by atoms with Crippen LogP contribution in [0.4, 0.5) is 0 Å². The number of hydrogen-bond donors (Lipinski definition) is 0. The van der Waals surface area contributed by atoms with Gasteiger partial charge >= 0.3 is 0 Å². The van der Waals surface area contributed by atoms with Gasteiger partial charge in [0.25, 0.3) is 5.91 Å². The summed E-state index contributed by atoms with van der Waals surface area (Å²) < 4.78 is 5.28. The van der Waals surface area contributed by atoms with Gasteiger partial charge in [0.05, 0.1) is 17.9 Å². The standard InChI is InChI=1S/C19H17N3O2/c23-19(15-8-6-14(7-9-15)18-12-20-13-24-18)22-11-3-5-17(22)16-4-1-2-10-21-16/h1-2,4,6-10,12-13,17H,3,5,11H2/t17-/m0/s1. The summed E-state index contributed by atoms with van der Waals surface area (Å²) in [5, 5.41) is 0. The first-order valence-electron chi connectivity index (χ1n) is 8.04. The molecule has 5 nitrogen and oxygen atoms in total. The zero-order chi connectivity index (χ0) is 16.4. The summed E-state index contributed by atoms with van der Waals surface area (Å²) in [7, 11) is 0. The van der Waals surface area contributed by atoms with Crippen LogP contribution >= 0.6 is 0 Å². The average Bonchev–Trinajstić information content (AvgIpc) is 3.34. The molecule has 1 fully saturated rings. The zero-order valence-electron chi connectivity index (χ0n) is 13.1. The molecule has 1 aliphatic rings. The van der Waals surface area contributed by atoms with Crippen LogP contribution in [0.1, 0.15) is 34.9 Å². The molecular formula is C19H17N3O2. The van der Waals surface area contributed by atoms with Crippen molar-refractivity contribution in [3.63, 3.8) is 0 Å². The molecule has 5 heteroatoms. The Labute approximate surface area is 140 Å². The third-order valence-electron chi connectivity index (χ3n) is 4.39. The molecule has 0 aliphatic carbocycles. The van der Waals surface area contributed by atoms with Crippen LogP contribution in [0.3, 0.4) is 0 Å². The minimum Gasteiger partial charge on any atom is -0.444 e. The highest BCUT2D eigenvalue weighted by atomic mass is 16.3. The van der Waals surface area contributed by atoms with Crippen molar-refractivity contribution in [3.05, 3.63) is 72.5 Å². The van der Waals surface area contributed by atoms with Crippen LogP contribution in [-0.4, -0.2) is 27.3 Å². The van der Waals surface area contributed by atoms with Crippen LogP contribution < -0.4 is 0 Å². The van der Waals surface area contributed by atoms with Crippen molar-refractivity contribution < 1.29 is 9.21 Å². The summed E-state index contributed by atoms with van der Waals surface area (Å²) in [5.41, 5.74) is 2.55. The third-order valence-corrected chi connectivity index (χ3v) is 4.39. The van der Waals surface area contributed by atoms with Gasteiger partial charge in [-0.05, 0) is 37.1 Å². The van der Waals surface area contributed by atoms with Crippen LogP contribution in [-0.2, 0) is 0 Å². The molecule has 1 amide bonds. The Balaban J connectivity index is 1.56. The van der Waals surface area contributed by atoms with E-state index in [0.717, 1.165) is 30.6 Å². The average molecular weight is 319 g/mol. The number of amides is 1. The maximum Gasteiger partial charge on any atom is 0.254 e. The van der Waals surface area contributed by atoms with Crippen molar-refractivity contribution in [2.75, 3.05) is 6.54 Å². The van der Waals surface area contributed by atoms with Crippen molar-refractivity contribution in [1.29, 1.82) is 0 Å². The summed E-state index contributed by atoms with van der Waals surface area (Å²) in [4.78, 5) is 23.1. The fourth-order valence-corrected chi connectivity index (χ4v) is 3.19. The van der Waals surface area contributed by atoms with Gasteiger partial charge in [0.1, 0.15) is 0 Å². The Morgan fingerprint density at radius 2 is 2.04 bits per heavy atom. The third kappa shape index (κ3) is 2.69. The van der Waals surface area contributed by atoms with Gasteiger partial charge in [0, 0.05) is 23.9 Å². The second-order valence-electron chi connectivity index (χ2n) is 5.85. The van der Waals surface area contributed by atoms with Gasteiger partial charge < -0.3 is 9.32 Å². The number of oxazole rings is 1. The van der Waals surface area contributed by atoms with E-state index < -0.39 is 0 Å². The van der Waals surface area contributed by atoms with E-state index in [0.29, 0.717) is 11.3 Å². The zero-order valence-corrected chi connectivity index (χ0v) is 13.1. The van der Waals surface area contributed by atoms with Crippen LogP contribution in [0, 0.1) is 0 Å². The number of pyridine rings is 1. The minimum atomic E-state index is 0.0484. The molecule has 24 heavy (non-hydrogen) atoms. The lowest BCUT2D eigenvalue weighted by atomic mass is 10.1. The number of likely N-dealkylation sites (tertiary alicyclic amines) is 1. The second kappa shape index (κ2) is 6.28. The Morgan fingerprint density at radius 3 is 2.75 bits per heavy atom. The summed E-state index contributed by atoms with van der Waals surface area (Å²) >= 11 is 0. The molecule has 0 unspecified atom stereocenters. The Bertz CT molecular complexity index is 814. The van der Waals surface area contributed by atoms with Gasteiger partial charge in [-0.3, -0.25) is 9.78 Å². The highest BCUT2D eigenvalue weighted by Crippen LogP contribution is 2.32. The van der Waals surface area contributed by atoms with E-state index in [1.165, 1.54) is 6.39 Å². The van der Waals surface area contributed by atoms with Gasteiger partial charge in [-0.1, -0.05) is 18.2 Å². The molecule has 0 bridgehead atoms. The molecule has 1 saturated heterocycles. The van der Waals surface area contributed by atoms with Gasteiger partial charge in [0.15, 0.2) is 12.2 Å². The molecule has 1 aliphatic heterocycles. The molecular weight excluding hydrogens is 302 g/mol. The van der Waals surface area contributed by atoms with E-state index in [2.05, 4.69) is 9.97 Å². The number of hydrogen-bond acceptors (Lipinski definition) is 4. The Morgan fingerprint density at radius 1 is 1.17 bits per heavy atom. The van der Waals surface area contributed by atoms with Crippen LogP contribution in [0.15, 0.2) is 65.7 Å². The number of carbonyl (C=O) groups is 1. The minimum absolute atomic E-state index is 0.0484. The van der Waals surface area contributed by atoms with Gasteiger partial charge in [-0.2, -0.15) is 0 Å². The number of benzene rings is 1. The first-order valence-corrected chi connectivity index (χ1v) is 8.04. The molecule has 0 radical (unpaired) electrons. The monoisotopic (exact) mass is 319 g/mol. The summed E-state index contributed by atoms with van der Waals surface area (Å²) in [6.07, 6.45) is 6.80. The summed E-state index contributed by atoms with van der Waals surface area (Å²) in [5.74, 6) is 0.744. The highest BCUT2D eigenvalue weighted by molar-refractivity contribution is 5.95. The molecule has 0 spiro atoms. The van der Waals surface area contributed by atoms with E-state index in [4.69, 9.17) is 4.42 Å². The largest absolute Gasteiger partial charge is 0.444 e. The SMILES string of the molecule is O=C(c1ccc(-c2cnco2)cc1)N1CCC[C@H]1c1ccccn1. The van der Waals surface area contributed by atoms with E-state index in [9.17, 15) is 4.79 Å². The van der Waals surface area contributed by atoms with Crippen molar-refractivity contribution in [1.82, 2.24) is 14.9 Å². The van der Waals surface area contributed by atoms with E-state index in [1.807, 2.05) is 47.4 Å². The fraction of sp³-hybridized carbons (Fsp3) is 0.211. The number of carbonyl (C=O) groups excluding carboxylic acids is 1. The van der Waals surface area contributed by atoms with Crippen molar-refractivity contribution in [2.24, 2.45) is 0 Å². The lowest BCUT2D eigenvalue weighted by Crippen LogP contribution is -2.30. The normalized spacial score (nSPS) is 17.2. The molecule has 0 saturated carbocycles. The molecule has 3 heterocycles. The van der Waals surface area contributed by atoms with E-state index >= 15 is 0 Å². The van der Waals surface area contributed by atoms with Crippen LogP contribution in [0.5, 0.6) is 0 Å². The predicted molar refractivity (Wildman–Crippen MR) is 89.2 cm³/mol. The number of rotatable bonds is 3. The Kier molecular flexibility index (Phi) is 3.83. The van der Waals surface area contributed by atoms with Crippen LogP contribution in [0.2, 0.25) is 0 Å².